The molecule has 1 fully saturated rings. The Hall–Kier alpha value is -2.56. The quantitative estimate of drug-likeness (QED) is 0.379. The molecule has 0 aromatic carbocycles. The van der Waals surface area contributed by atoms with Crippen LogP contribution >= 0.6 is 0 Å². The number of ether oxygens (including phenoxy) is 1. The molecule has 0 amide bonds. The van der Waals surface area contributed by atoms with Crippen molar-refractivity contribution in [3.63, 3.8) is 0 Å². The van der Waals surface area contributed by atoms with E-state index in [1.54, 1.807) is 6.92 Å². The summed E-state index contributed by atoms with van der Waals surface area (Å²) in [7, 11) is 0. The lowest BCUT2D eigenvalue weighted by Gasteiger charge is -2.13. The lowest BCUT2D eigenvalue weighted by molar-refractivity contribution is 0.00476. The van der Waals surface area contributed by atoms with Crippen LogP contribution in [-0.2, 0) is 4.74 Å². The van der Waals surface area contributed by atoms with Gasteiger partial charge in [-0.15, -0.1) is 0 Å². The first-order valence-electron chi connectivity index (χ1n) is 5.91. The van der Waals surface area contributed by atoms with Crippen LogP contribution in [0.5, 0.6) is 0 Å². The van der Waals surface area contributed by atoms with E-state index in [0.29, 0.717) is 5.56 Å². The molecule has 9 heteroatoms. The number of nitrogens with zero attached hydrogens (tertiary/aromatic N) is 5. The van der Waals surface area contributed by atoms with Gasteiger partial charge in [0, 0.05) is 23.1 Å². The molecule has 1 N–H and O–H groups in total. The molecule has 3 atom stereocenters. The Morgan fingerprint density at radius 2 is 2.40 bits per heavy atom. The fourth-order valence-corrected chi connectivity index (χ4v) is 2.13. The zero-order valence-electron chi connectivity index (χ0n) is 10.7. The van der Waals surface area contributed by atoms with Gasteiger partial charge in [-0.05, 0) is 12.5 Å². The summed E-state index contributed by atoms with van der Waals surface area (Å²) < 4.78 is 6.84. The zero-order valence-corrected chi connectivity index (χ0v) is 10.7. The Morgan fingerprint density at radius 1 is 1.65 bits per heavy atom. The maximum atomic E-state index is 11.8. The number of hydrogen-bond acceptors (Lipinski definition) is 4. The van der Waals surface area contributed by atoms with Gasteiger partial charge in [0.1, 0.15) is 12.3 Å². The molecule has 0 radical (unpaired) electrons. The molecule has 0 spiro atoms. The summed E-state index contributed by atoms with van der Waals surface area (Å²) in [5.41, 5.74) is 7.85. The summed E-state index contributed by atoms with van der Waals surface area (Å²) in [4.78, 5) is 31.2. The van der Waals surface area contributed by atoms with Crippen molar-refractivity contribution in [2.75, 3.05) is 6.54 Å². The standard InChI is InChI=1S/C11H12N6O3/c1-6-5-17(11(19)14-10(6)18)9-3-7(15-16-12)8(20-9)4-13-2/h5,7-9H,3-4H2,1H3,(H,14,18,19)/t7?,8-,9?/m1/s1. The van der Waals surface area contributed by atoms with Crippen molar-refractivity contribution in [3.05, 3.63) is 54.5 Å². The first-order chi connectivity index (χ1) is 9.56. The van der Waals surface area contributed by atoms with E-state index < -0.39 is 29.6 Å². The third kappa shape index (κ3) is 2.56. The fourth-order valence-electron chi connectivity index (χ4n) is 2.13. The molecule has 9 nitrogen and oxygen atoms in total. The third-order valence-corrected chi connectivity index (χ3v) is 3.13. The lowest BCUT2D eigenvalue weighted by Crippen LogP contribution is -2.33. The van der Waals surface area contributed by atoms with Crippen molar-refractivity contribution in [2.24, 2.45) is 5.11 Å². The van der Waals surface area contributed by atoms with Gasteiger partial charge >= 0.3 is 5.69 Å². The SMILES string of the molecule is [C-]#[N+]C[C@H]1OC(n2cc(C)c(=O)[nH]c2=O)CC1N=[N+]=[N-]. The van der Waals surface area contributed by atoms with Gasteiger partial charge in [0.2, 0.25) is 6.54 Å². The predicted octanol–water partition coefficient (Wildman–Crippen LogP) is 0.731. The predicted molar refractivity (Wildman–Crippen MR) is 69.0 cm³/mol. The number of aromatic nitrogens is 2. The molecule has 2 heterocycles. The van der Waals surface area contributed by atoms with Gasteiger partial charge < -0.3 is 9.58 Å². The second-order valence-electron chi connectivity index (χ2n) is 4.46. The number of hydrogen-bond donors (Lipinski definition) is 1. The number of rotatable bonds is 3. The van der Waals surface area contributed by atoms with Crippen LogP contribution in [0.4, 0.5) is 0 Å². The summed E-state index contributed by atoms with van der Waals surface area (Å²) in [6.45, 7) is 8.49. The van der Waals surface area contributed by atoms with Gasteiger partial charge in [-0.3, -0.25) is 14.3 Å². The number of H-pyrrole nitrogens is 1. The normalized spacial score (nSPS) is 24.9. The van der Waals surface area contributed by atoms with Crippen molar-refractivity contribution < 1.29 is 4.74 Å². The van der Waals surface area contributed by atoms with Crippen LogP contribution in [0, 0.1) is 13.5 Å². The highest BCUT2D eigenvalue weighted by atomic mass is 16.5. The van der Waals surface area contributed by atoms with E-state index in [1.807, 2.05) is 0 Å². The first-order valence-corrected chi connectivity index (χ1v) is 5.91. The molecule has 104 valence electrons. The Labute approximate surface area is 113 Å². The fraction of sp³-hybridized carbons (Fsp3) is 0.545. The summed E-state index contributed by atoms with van der Waals surface area (Å²) in [6.07, 6.45) is 0.488. The van der Waals surface area contributed by atoms with Crippen LogP contribution < -0.4 is 11.2 Å². The number of nitrogens with one attached hydrogen (secondary N) is 1. The molecule has 0 saturated carbocycles. The van der Waals surface area contributed by atoms with Crippen molar-refractivity contribution in [2.45, 2.75) is 31.7 Å². The van der Waals surface area contributed by atoms with Crippen molar-refractivity contribution in [1.29, 1.82) is 0 Å². The first kappa shape index (κ1) is 13.9. The van der Waals surface area contributed by atoms with E-state index >= 15 is 0 Å². The maximum Gasteiger partial charge on any atom is 0.330 e. The van der Waals surface area contributed by atoms with Crippen molar-refractivity contribution in [3.8, 4) is 0 Å². The van der Waals surface area contributed by atoms with Gasteiger partial charge in [-0.2, -0.15) is 0 Å². The molecule has 1 aromatic heterocycles. The van der Waals surface area contributed by atoms with Gasteiger partial charge in [-0.1, -0.05) is 5.11 Å². The summed E-state index contributed by atoms with van der Waals surface area (Å²) in [5, 5.41) is 3.59. The topological polar surface area (TPSA) is 117 Å². The van der Waals surface area contributed by atoms with Crippen molar-refractivity contribution in [1.82, 2.24) is 9.55 Å². The maximum absolute atomic E-state index is 11.8. The lowest BCUT2D eigenvalue weighted by atomic mass is 10.1. The van der Waals surface area contributed by atoms with Crippen LogP contribution in [0.3, 0.4) is 0 Å². The molecule has 0 aliphatic carbocycles. The minimum atomic E-state index is -0.653. The third-order valence-electron chi connectivity index (χ3n) is 3.13. The Morgan fingerprint density at radius 3 is 3.05 bits per heavy atom. The molecule has 1 aliphatic heterocycles. The van der Waals surface area contributed by atoms with E-state index in [1.165, 1.54) is 10.8 Å². The number of azide groups is 1. The zero-order chi connectivity index (χ0) is 14.7. The van der Waals surface area contributed by atoms with Crippen LogP contribution in [-0.4, -0.2) is 28.2 Å². The largest absolute Gasteiger partial charge is 0.346 e. The summed E-state index contributed by atoms with van der Waals surface area (Å²) >= 11 is 0. The number of aromatic amines is 1. The van der Waals surface area contributed by atoms with Crippen LogP contribution in [0.15, 0.2) is 20.9 Å². The average molecular weight is 276 g/mol. The molecule has 2 rings (SSSR count). The highest BCUT2D eigenvalue weighted by Crippen LogP contribution is 2.30. The Bertz CT molecular complexity index is 708. The molecule has 20 heavy (non-hydrogen) atoms. The monoisotopic (exact) mass is 276 g/mol. The minimum Gasteiger partial charge on any atom is -0.346 e. The van der Waals surface area contributed by atoms with E-state index in [9.17, 15) is 9.59 Å². The minimum absolute atomic E-state index is 0.0528. The van der Waals surface area contributed by atoms with E-state index in [4.69, 9.17) is 16.8 Å². The smallest absolute Gasteiger partial charge is 0.330 e. The van der Waals surface area contributed by atoms with Crippen LogP contribution in [0.1, 0.15) is 18.2 Å². The molecular weight excluding hydrogens is 264 g/mol. The highest BCUT2D eigenvalue weighted by Gasteiger charge is 2.38. The summed E-state index contributed by atoms with van der Waals surface area (Å²) in [6, 6.07) is -0.502. The van der Waals surface area contributed by atoms with Gasteiger partial charge in [0.15, 0.2) is 0 Å². The molecular formula is C11H12N6O3. The van der Waals surface area contributed by atoms with Gasteiger partial charge in [0.05, 0.1) is 6.04 Å². The highest BCUT2D eigenvalue weighted by molar-refractivity contribution is 5.02. The second kappa shape index (κ2) is 5.61. The Balaban J connectivity index is 2.34. The molecule has 1 aromatic rings. The second-order valence-corrected chi connectivity index (χ2v) is 4.46. The van der Waals surface area contributed by atoms with E-state index in [2.05, 4.69) is 19.9 Å². The van der Waals surface area contributed by atoms with Crippen LogP contribution in [0.2, 0.25) is 0 Å². The molecule has 1 saturated heterocycles. The molecule has 0 bridgehead atoms. The molecule has 2 unspecified atom stereocenters. The molecule has 1 aliphatic rings. The Kier molecular flexibility index (Phi) is 3.89. The van der Waals surface area contributed by atoms with E-state index in [0.717, 1.165) is 0 Å². The van der Waals surface area contributed by atoms with Gasteiger partial charge in [0.25, 0.3) is 5.56 Å². The number of aryl methyl sites for hydroxylation is 1. The summed E-state index contributed by atoms with van der Waals surface area (Å²) in [5.74, 6) is 0. The van der Waals surface area contributed by atoms with Gasteiger partial charge in [-0.25, -0.2) is 11.4 Å². The van der Waals surface area contributed by atoms with E-state index in [-0.39, 0.29) is 13.0 Å². The average Bonchev–Trinajstić information content (AvgIpc) is 2.78. The van der Waals surface area contributed by atoms with Crippen LogP contribution in [0.25, 0.3) is 15.3 Å². The van der Waals surface area contributed by atoms with Crippen molar-refractivity contribution >= 4 is 0 Å².